The van der Waals surface area contributed by atoms with E-state index in [1.54, 1.807) is 0 Å². The lowest BCUT2D eigenvalue weighted by molar-refractivity contribution is 0.0578. The predicted octanol–water partition coefficient (Wildman–Crippen LogP) is 12.4. The molecule has 0 aromatic heterocycles. The fraction of sp³-hybridized carbons (Fsp3) is 0.500. The molecule has 0 saturated carbocycles. The van der Waals surface area contributed by atoms with Gasteiger partial charge in [0.05, 0.1) is 58.1 Å². The van der Waals surface area contributed by atoms with Gasteiger partial charge in [0.1, 0.15) is 0 Å². The summed E-state index contributed by atoms with van der Waals surface area (Å²) in [5.74, 6) is -1.74. The molecule has 0 fully saturated rings. The fourth-order valence-electron chi connectivity index (χ4n) is 8.92. The average molecular weight is 843 g/mol. The van der Waals surface area contributed by atoms with E-state index in [0.717, 1.165) is 114 Å². The third-order valence-electron chi connectivity index (χ3n) is 12.3. The first-order valence-electron chi connectivity index (χ1n) is 23.9. The Morgan fingerprint density at radius 2 is 0.613 bits per heavy atom. The Hall–Kier alpha value is -5.38. The largest absolute Gasteiger partial charge is 0.383 e. The van der Waals surface area contributed by atoms with Crippen LogP contribution in [0.4, 0.5) is 22.7 Å². The first-order chi connectivity index (χ1) is 30.4. The SMILES string of the molecule is CCCCCCNc1c(NCCCCCC)c2c3c(c(NCCCCCC)c(NCCCCCC)c4c3c1C(=O)N(Cc1ccccc1)C4=O)C(=O)N(Cc1ccccc1)C2=O. The molecule has 332 valence electrons. The van der Waals surface area contributed by atoms with Crippen LogP contribution < -0.4 is 21.3 Å². The van der Waals surface area contributed by atoms with Gasteiger partial charge in [0.25, 0.3) is 23.6 Å². The van der Waals surface area contributed by atoms with E-state index in [0.29, 0.717) is 82.0 Å². The summed E-state index contributed by atoms with van der Waals surface area (Å²) in [6.07, 6.45) is 16.2. The van der Waals surface area contributed by atoms with E-state index in [9.17, 15) is 0 Å². The number of carbonyl (C=O) groups is 4. The molecule has 2 aliphatic heterocycles. The number of nitrogens with one attached hydrogen (secondary N) is 4. The second-order valence-electron chi connectivity index (χ2n) is 17.1. The highest BCUT2D eigenvalue weighted by Gasteiger charge is 2.46. The van der Waals surface area contributed by atoms with Crippen LogP contribution in [0.3, 0.4) is 0 Å². The van der Waals surface area contributed by atoms with Crippen LogP contribution in [-0.2, 0) is 13.1 Å². The van der Waals surface area contributed by atoms with Gasteiger partial charge in [0, 0.05) is 37.0 Å². The van der Waals surface area contributed by atoms with Gasteiger partial charge in [-0.2, -0.15) is 0 Å². The highest BCUT2D eigenvalue weighted by molar-refractivity contribution is 6.40. The third kappa shape index (κ3) is 10.4. The standard InChI is InChI=1S/C52H70N6O4/c1-5-9-13-23-31-53-45-41-39-40-42(46(45)54-32-24-14-10-6-2)50(60)58(36-38-29-21-18-22-30-38)52(62)44(40)48(56-34-26-16-12-8-4)47(55-33-25-15-11-7-3)43(39)51(61)57(49(41)59)35-37-27-19-17-20-28-37/h17-22,27-30,53-56H,5-16,23-26,31-36H2,1-4H3. The minimum Gasteiger partial charge on any atom is -0.383 e. The number of carbonyl (C=O) groups excluding carboxylic acids is 4. The van der Waals surface area contributed by atoms with Crippen LogP contribution in [0.1, 0.15) is 183 Å². The number of unbranched alkanes of at least 4 members (excludes halogenated alkanes) is 12. The number of hydrogen-bond acceptors (Lipinski definition) is 8. The summed E-state index contributed by atoms with van der Waals surface area (Å²) in [6, 6.07) is 19.2. The van der Waals surface area contributed by atoms with E-state index in [2.05, 4.69) is 49.0 Å². The molecule has 10 heteroatoms. The molecule has 4 amide bonds. The Kier molecular flexibility index (Phi) is 17.2. The van der Waals surface area contributed by atoms with Crippen molar-refractivity contribution >= 4 is 57.2 Å². The van der Waals surface area contributed by atoms with E-state index in [1.165, 1.54) is 9.80 Å². The zero-order chi connectivity index (χ0) is 43.8. The Morgan fingerprint density at radius 3 is 0.855 bits per heavy atom. The molecule has 0 saturated heterocycles. The summed E-state index contributed by atoms with van der Waals surface area (Å²) in [5.41, 5.74) is 5.11. The van der Waals surface area contributed by atoms with Crippen molar-refractivity contribution in [1.82, 2.24) is 9.80 Å². The molecule has 62 heavy (non-hydrogen) atoms. The van der Waals surface area contributed by atoms with Gasteiger partial charge < -0.3 is 21.3 Å². The van der Waals surface area contributed by atoms with Crippen LogP contribution in [0.2, 0.25) is 0 Å². The molecule has 4 aromatic rings. The number of imide groups is 2. The van der Waals surface area contributed by atoms with E-state index < -0.39 is 23.6 Å². The maximum Gasteiger partial charge on any atom is 0.263 e. The Morgan fingerprint density at radius 1 is 0.355 bits per heavy atom. The zero-order valence-electron chi connectivity index (χ0n) is 37.9. The highest BCUT2D eigenvalue weighted by atomic mass is 16.2. The molecular formula is C52H70N6O4. The maximum atomic E-state index is 15.4. The monoisotopic (exact) mass is 843 g/mol. The Bertz CT molecular complexity index is 1900. The molecule has 2 heterocycles. The summed E-state index contributed by atoms with van der Waals surface area (Å²) in [7, 11) is 0. The molecule has 0 radical (unpaired) electrons. The summed E-state index contributed by atoms with van der Waals surface area (Å²) >= 11 is 0. The number of nitrogens with zero attached hydrogens (tertiary/aromatic N) is 2. The van der Waals surface area contributed by atoms with Crippen molar-refractivity contribution in [1.29, 1.82) is 0 Å². The van der Waals surface area contributed by atoms with Crippen LogP contribution >= 0.6 is 0 Å². The number of anilines is 4. The Balaban J connectivity index is 1.68. The highest BCUT2D eigenvalue weighted by Crippen LogP contribution is 2.52. The van der Waals surface area contributed by atoms with E-state index >= 15 is 19.2 Å². The summed E-state index contributed by atoms with van der Waals surface area (Å²) in [4.78, 5) is 64.2. The molecular weight excluding hydrogens is 773 g/mol. The van der Waals surface area contributed by atoms with Crippen molar-refractivity contribution in [3.8, 4) is 0 Å². The van der Waals surface area contributed by atoms with Gasteiger partial charge in [0.15, 0.2) is 0 Å². The van der Waals surface area contributed by atoms with Crippen LogP contribution in [0.25, 0.3) is 10.8 Å². The first-order valence-corrected chi connectivity index (χ1v) is 23.9. The van der Waals surface area contributed by atoms with Crippen molar-refractivity contribution in [3.05, 3.63) is 94.0 Å². The normalized spacial score (nSPS) is 13.4. The molecule has 4 aromatic carbocycles. The fourth-order valence-corrected chi connectivity index (χ4v) is 8.92. The minimum atomic E-state index is -0.435. The molecule has 0 atom stereocenters. The second-order valence-corrected chi connectivity index (χ2v) is 17.1. The van der Waals surface area contributed by atoms with Crippen LogP contribution in [0.5, 0.6) is 0 Å². The molecule has 6 rings (SSSR count). The van der Waals surface area contributed by atoms with Gasteiger partial charge in [-0.1, -0.05) is 165 Å². The molecule has 10 nitrogen and oxygen atoms in total. The zero-order valence-corrected chi connectivity index (χ0v) is 37.9. The van der Waals surface area contributed by atoms with Gasteiger partial charge in [-0.25, -0.2) is 0 Å². The molecule has 2 aliphatic rings. The third-order valence-corrected chi connectivity index (χ3v) is 12.3. The lowest BCUT2D eigenvalue weighted by atomic mass is 9.81. The van der Waals surface area contributed by atoms with Gasteiger partial charge in [-0.05, 0) is 36.8 Å². The average Bonchev–Trinajstić information content (AvgIpc) is 3.28. The quantitative estimate of drug-likeness (QED) is 0.0329. The smallest absolute Gasteiger partial charge is 0.263 e. The lowest BCUT2D eigenvalue weighted by Gasteiger charge is -2.37. The molecule has 0 aliphatic carbocycles. The van der Waals surface area contributed by atoms with Crippen molar-refractivity contribution in [2.75, 3.05) is 47.4 Å². The maximum absolute atomic E-state index is 15.4. The molecule has 0 unspecified atom stereocenters. The lowest BCUT2D eigenvalue weighted by Crippen LogP contribution is -2.44. The minimum absolute atomic E-state index is 0.0805. The van der Waals surface area contributed by atoms with Crippen LogP contribution in [-0.4, -0.2) is 59.6 Å². The molecule has 0 bridgehead atoms. The van der Waals surface area contributed by atoms with Crippen molar-refractivity contribution < 1.29 is 19.2 Å². The van der Waals surface area contributed by atoms with Crippen molar-refractivity contribution in [2.24, 2.45) is 0 Å². The van der Waals surface area contributed by atoms with Crippen LogP contribution in [0, 0.1) is 0 Å². The van der Waals surface area contributed by atoms with E-state index in [4.69, 9.17) is 0 Å². The van der Waals surface area contributed by atoms with Crippen molar-refractivity contribution in [2.45, 2.75) is 144 Å². The number of benzene rings is 4. The van der Waals surface area contributed by atoms with Gasteiger partial charge >= 0.3 is 0 Å². The van der Waals surface area contributed by atoms with Gasteiger partial charge in [-0.15, -0.1) is 0 Å². The van der Waals surface area contributed by atoms with E-state index in [1.807, 2.05) is 60.7 Å². The second kappa shape index (κ2) is 23.2. The summed E-state index contributed by atoms with van der Waals surface area (Å²) in [5, 5.41) is 15.5. The number of amides is 4. The first kappa shape index (κ1) is 46.1. The number of hydrogen-bond donors (Lipinski definition) is 4. The molecule has 0 spiro atoms. The topological polar surface area (TPSA) is 123 Å². The summed E-state index contributed by atoms with van der Waals surface area (Å²) < 4.78 is 0. The predicted molar refractivity (Wildman–Crippen MR) is 256 cm³/mol. The van der Waals surface area contributed by atoms with E-state index in [-0.39, 0.29) is 13.1 Å². The van der Waals surface area contributed by atoms with Crippen molar-refractivity contribution in [3.63, 3.8) is 0 Å². The molecule has 4 N–H and O–H groups in total. The van der Waals surface area contributed by atoms with Crippen LogP contribution in [0.15, 0.2) is 60.7 Å². The number of rotatable bonds is 28. The van der Waals surface area contributed by atoms with Gasteiger partial charge in [-0.3, -0.25) is 29.0 Å². The van der Waals surface area contributed by atoms with Gasteiger partial charge in [0.2, 0.25) is 0 Å². The Labute approximate surface area is 370 Å². The summed E-state index contributed by atoms with van der Waals surface area (Å²) in [6.45, 7) is 11.2.